The van der Waals surface area contributed by atoms with E-state index in [1.807, 2.05) is 48.5 Å². The van der Waals surface area contributed by atoms with Gasteiger partial charge in [0.1, 0.15) is 0 Å². The van der Waals surface area contributed by atoms with Crippen LogP contribution in [-0.2, 0) is 12.1 Å². The minimum atomic E-state index is -0.823. The van der Waals surface area contributed by atoms with Crippen molar-refractivity contribution in [3.8, 4) is 0 Å². The SMILES string of the molecule is OC1(c2cccnc2)CCN(Cc2nc(C(c3ccccc3)c3ccccc3)no2)CC1. The molecule has 5 rings (SSSR count). The van der Waals surface area contributed by atoms with E-state index >= 15 is 0 Å². The normalized spacial score (nSPS) is 16.3. The Bertz CT molecular complexity index is 1080. The van der Waals surface area contributed by atoms with Crippen molar-refractivity contribution in [1.29, 1.82) is 0 Å². The summed E-state index contributed by atoms with van der Waals surface area (Å²) < 4.78 is 5.65. The molecule has 0 atom stereocenters. The lowest BCUT2D eigenvalue weighted by molar-refractivity contribution is -0.0297. The number of rotatable bonds is 6. The predicted octanol–water partition coefficient (Wildman–Crippen LogP) is 4.13. The second kappa shape index (κ2) is 9.02. The second-order valence-electron chi connectivity index (χ2n) is 8.35. The fourth-order valence-corrected chi connectivity index (χ4v) is 4.43. The largest absolute Gasteiger partial charge is 0.385 e. The number of benzene rings is 2. The van der Waals surface area contributed by atoms with Gasteiger partial charge in [-0.3, -0.25) is 9.88 Å². The molecule has 0 bridgehead atoms. The van der Waals surface area contributed by atoms with Crippen LogP contribution in [0.1, 0.15) is 47.2 Å². The van der Waals surface area contributed by atoms with E-state index in [1.165, 1.54) is 0 Å². The lowest BCUT2D eigenvalue weighted by Gasteiger charge is -2.37. The molecule has 2 aromatic carbocycles. The van der Waals surface area contributed by atoms with Crippen LogP contribution in [0.2, 0.25) is 0 Å². The van der Waals surface area contributed by atoms with Gasteiger partial charge in [-0.15, -0.1) is 0 Å². The smallest absolute Gasteiger partial charge is 0.240 e. The van der Waals surface area contributed by atoms with Crippen LogP contribution in [0.15, 0.2) is 89.7 Å². The third kappa shape index (κ3) is 4.33. The second-order valence-corrected chi connectivity index (χ2v) is 8.35. The van der Waals surface area contributed by atoms with Crippen LogP contribution in [0.4, 0.5) is 0 Å². The maximum absolute atomic E-state index is 11.0. The van der Waals surface area contributed by atoms with E-state index in [2.05, 4.69) is 39.3 Å². The lowest BCUT2D eigenvalue weighted by atomic mass is 9.85. The Labute approximate surface area is 187 Å². The highest BCUT2D eigenvalue weighted by Crippen LogP contribution is 2.33. The number of pyridine rings is 1. The average molecular weight is 427 g/mol. The van der Waals surface area contributed by atoms with Gasteiger partial charge in [0, 0.05) is 31.0 Å². The van der Waals surface area contributed by atoms with E-state index in [9.17, 15) is 5.11 Å². The Kier molecular flexibility index (Phi) is 5.79. The summed E-state index contributed by atoms with van der Waals surface area (Å²) in [6.45, 7) is 2.08. The van der Waals surface area contributed by atoms with Crippen molar-refractivity contribution in [2.75, 3.05) is 13.1 Å². The van der Waals surface area contributed by atoms with Gasteiger partial charge in [-0.2, -0.15) is 4.98 Å². The van der Waals surface area contributed by atoms with Gasteiger partial charge in [-0.05, 0) is 30.0 Å². The highest BCUT2D eigenvalue weighted by Gasteiger charge is 2.34. The van der Waals surface area contributed by atoms with E-state index in [0.29, 0.717) is 31.1 Å². The van der Waals surface area contributed by atoms with Crippen molar-refractivity contribution >= 4 is 0 Å². The third-order valence-electron chi connectivity index (χ3n) is 6.25. The highest BCUT2D eigenvalue weighted by atomic mass is 16.5. The molecule has 162 valence electrons. The van der Waals surface area contributed by atoms with Crippen molar-refractivity contribution < 1.29 is 9.63 Å². The van der Waals surface area contributed by atoms with Gasteiger partial charge >= 0.3 is 0 Å². The molecule has 0 spiro atoms. The van der Waals surface area contributed by atoms with Crippen LogP contribution in [-0.4, -0.2) is 38.2 Å². The molecule has 0 unspecified atom stereocenters. The summed E-state index contributed by atoms with van der Waals surface area (Å²) in [5.74, 6) is 1.19. The van der Waals surface area contributed by atoms with Gasteiger partial charge < -0.3 is 9.63 Å². The third-order valence-corrected chi connectivity index (χ3v) is 6.25. The minimum Gasteiger partial charge on any atom is -0.385 e. The van der Waals surface area contributed by atoms with Crippen LogP contribution in [0.5, 0.6) is 0 Å². The minimum absolute atomic E-state index is 0.0769. The maximum Gasteiger partial charge on any atom is 0.240 e. The molecular formula is C26H26N4O2. The monoisotopic (exact) mass is 426 g/mol. The van der Waals surface area contributed by atoms with Crippen LogP contribution in [0, 0.1) is 0 Å². The summed E-state index contributed by atoms with van der Waals surface area (Å²) >= 11 is 0. The number of aliphatic hydroxyl groups is 1. The van der Waals surface area contributed by atoms with Gasteiger partial charge in [0.15, 0.2) is 5.82 Å². The van der Waals surface area contributed by atoms with Crippen molar-refractivity contribution in [3.05, 3.63) is 114 Å². The highest BCUT2D eigenvalue weighted by molar-refractivity contribution is 5.37. The molecule has 1 saturated heterocycles. The van der Waals surface area contributed by atoms with Gasteiger partial charge in [-0.25, -0.2) is 0 Å². The molecule has 32 heavy (non-hydrogen) atoms. The quantitative estimate of drug-likeness (QED) is 0.500. The fourth-order valence-electron chi connectivity index (χ4n) is 4.43. The number of piperidine rings is 1. The number of nitrogens with zero attached hydrogens (tertiary/aromatic N) is 4. The molecule has 4 aromatic rings. The molecule has 2 aromatic heterocycles. The zero-order chi connectivity index (χ0) is 21.8. The molecule has 1 aliphatic rings. The summed E-state index contributed by atoms with van der Waals surface area (Å²) in [5.41, 5.74) is 2.32. The Hall–Kier alpha value is -3.35. The molecule has 1 fully saturated rings. The van der Waals surface area contributed by atoms with E-state index in [1.54, 1.807) is 12.4 Å². The standard InChI is InChI=1S/C26H26N4O2/c31-26(22-12-7-15-27-18-22)13-16-30(17-14-26)19-23-28-25(29-32-23)24(20-8-3-1-4-9-20)21-10-5-2-6-11-21/h1-12,15,18,24,31H,13-14,16-17,19H2. The average Bonchev–Trinajstić information content (AvgIpc) is 3.31. The summed E-state index contributed by atoms with van der Waals surface area (Å²) in [7, 11) is 0. The van der Waals surface area contributed by atoms with Gasteiger partial charge in [0.25, 0.3) is 0 Å². The van der Waals surface area contributed by atoms with E-state index in [0.717, 1.165) is 29.8 Å². The molecule has 0 radical (unpaired) electrons. The number of hydrogen-bond acceptors (Lipinski definition) is 6. The Morgan fingerprint density at radius 1 is 0.906 bits per heavy atom. The predicted molar refractivity (Wildman–Crippen MR) is 121 cm³/mol. The first kappa shape index (κ1) is 20.5. The van der Waals surface area contributed by atoms with Crippen LogP contribution < -0.4 is 0 Å². The topological polar surface area (TPSA) is 75.3 Å². The zero-order valence-corrected chi connectivity index (χ0v) is 17.8. The first-order chi connectivity index (χ1) is 15.7. The molecule has 0 amide bonds. The van der Waals surface area contributed by atoms with E-state index in [-0.39, 0.29) is 5.92 Å². The van der Waals surface area contributed by atoms with Crippen LogP contribution in [0.3, 0.4) is 0 Å². The summed E-state index contributed by atoms with van der Waals surface area (Å²) in [6, 6.07) is 24.3. The number of likely N-dealkylation sites (tertiary alicyclic amines) is 1. The maximum atomic E-state index is 11.0. The molecule has 3 heterocycles. The molecule has 6 nitrogen and oxygen atoms in total. The lowest BCUT2D eigenvalue weighted by Crippen LogP contribution is -2.42. The van der Waals surface area contributed by atoms with E-state index in [4.69, 9.17) is 9.51 Å². The number of aromatic nitrogens is 3. The molecule has 6 heteroatoms. The van der Waals surface area contributed by atoms with Crippen molar-refractivity contribution in [3.63, 3.8) is 0 Å². The van der Waals surface area contributed by atoms with Crippen molar-refractivity contribution in [2.24, 2.45) is 0 Å². The molecule has 0 aliphatic carbocycles. The van der Waals surface area contributed by atoms with Crippen LogP contribution >= 0.6 is 0 Å². The summed E-state index contributed by atoms with van der Waals surface area (Å²) in [5, 5.41) is 15.4. The van der Waals surface area contributed by atoms with Gasteiger partial charge in [0.2, 0.25) is 5.89 Å². The van der Waals surface area contributed by atoms with Crippen LogP contribution in [0.25, 0.3) is 0 Å². The Morgan fingerprint density at radius 3 is 2.16 bits per heavy atom. The van der Waals surface area contributed by atoms with Crippen molar-refractivity contribution in [1.82, 2.24) is 20.0 Å². The zero-order valence-electron chi connectivity index (χ0n) is 17.8. The Balaban J connectivity index is 1.30. The fraction of sp³-hybridized carbons (Fsp3) is 0.269. The molecular weight excluding hydrogens is 400 g/mol. The van der Waals surface area contributed by atoms with E-state index < -0.39 is 5.60 Å². The summed E-state index contributed by atoms with van der Waals surface area (Å²) in [4.78, 5) is 11.2. The molecule has 1 N–H and O–H groups in total. The summed E-state index contributed by atoms with van der Waals surface area (Å²) in [6.07, 6.45) is 4.78. The van der Waals surface area contributed by atoms with Gasteiger partial charge in [0.05, 0.1) is 18.1 Å². The number of hydrogen-bond donors (Lipinski definition) is 1. The molecule has 0 saturated carbocycles. The first-order valence-corrected chi connectivity index (χ1v) is 11.0. The van der Waals surface area contributed by atoms with Gasteiger partial charge in [-0.1, -0.05) is 71.9 Å². The van der Waals surface area contributed by atoms with Crippen molar-refractivity contribution in [2.45, 2.75) is 30.9 Å². The Morgan fingerprint density at radius 2 is 1.56 bits per heavy atom. The first-order valence-electron chi connectivity index (χ1n) is 11.0. The molecule has 1 aliphatic heterocycles.